The number of hydrogen-bond acceptors (Lipinski definition) is 4. The van der Waals surface area contributed by atoms with Gasteiger partial charge in [0.2, 0.25) is 10.0 Å². The molecule has 0 spiro atoms. The summed E-state index contributed by atoms with van der Waals surface area (Å²) in [7, 11) is -3.43. The van der Waals surface area contributed by atoms with E-state index in [1.54, 1.807) is 6.07 Å². The van der Waals surface area contributed by atoms with Gasteiger partial charge >= 0.3 is 0 Å². The lowest BCUT2D eigenvalue weighted by Gasteiger charge is -2.16. The Labute approximate surface area is 132 Å². The Morgan fingerprint density at radius 2 is 1.95 bits per heavy atom. The lowest BCUT2D eigenvalue weighted by Crippen LogP contribution is -2.31. The molecule has 1 heterocycles. The maximum Gasteiger partial charge on any atom is 0.242 e. The van der Waals surface area contributed by atoms with Crippen LogP contribution in [0.15, 0.2) is 14.7 Å². The van der Waals surface area contributed by atoms with Crippen LogP contribution in [-0.4, -0.2) is 15.0 Å². The van der Waals surface area contributed by atoms with Crippen LogP contribution in [0.4, 0.5) is 0 Å². The fourth-order valence-corrected chi connectivity index (χ4v) is 6.36. The van der Waals surface area contributed by atoms with Crippen molar-refractivity contribution in [2.45, 2.75) is 37.1 Å². The first-order valence-corrected chi connectivity index (χ1v) is 10.1. The fourth-order valence-electron chi connectivity index (χ4n) is 2.73. The highest BCUT2D eigenvalue weighted by Gasteiger charge is 2.41. The van der Waals surface area contributed by atoms with Crippen molar-refractivity contribution >= 4 is 37.3 Å². The average Bonchev–Trinajstić information content (AvgIpc) is 3.29. The highest BCUT2D eigenvalue weighted by atomic mass is 79.9. The maximum atomic E-state index is 12.4. The van der Waals surface area contributed by atoms with Crippen molar-refractivity contribution in [1.29, 1.82) is 0 Å². The number of thiophene rings is 1. The molecule has 1 aromatic rings. The summed E-state index contributed by atoms with van der Waals surface area (Å²) in [4.78, 5) is 1.20. The zero-order valence-electron chi connectivity index (χ0n) is 11.1. The Kier molecular flexibility index (Phi) is 4.25. The molecule has 0 amide bonds. The Hall–Kier alpha value is 0.0500. The summed E-state index contributed by atoms with van der Waals surface area (Å²) in [6, 6.07) is 1.67. The van der Waals surface area contributed by atoms with Crippen LogP contribution in [0.5, 0.6) is 0 Å². The van der Waals surface area contributed by atoms with Gasteiger partial charge in [-0.25, -0.2) is 13.1 Å². The van der Waals surface area contributed by atoms with Gasteiger partial charge < -0.3 is 5.73 Å². The van der Waals surface area contributed by atoms with Crippen LogP contribution in [-0.2, 0) is 16.6 Å². The van der Waals surface area contributed by atoms with E-state index < -0.39 is 10.0 Å². The van der Waals surface area contributed by atoms with Crippen LogP contribution >= 0.6 is 27.3 Å². The van der Waals surface area contributed by atoms with E-state index in [0.717, 1.165) is 16.7 Å². The van der Waals surface area contributed by atoms with E-state index in [2.05, 4.69) is 20.7 Å². The average molecular weight is 379 g/mol. The van der Waals surface area contributed by atoms with Gasteiger partial charge in [-0.2, -0.15) is 0 Å². The van der Waals surface area contributed by atoms with Crippen molar-refractivity contribution < 1.29 is 8.42 Å². The molecule has 1 aromatic heterocycles. The van der Waals surface area contributed by atoms with Gasteiger partial charge in [-0.15, -0.1) is 11.3 Å². The van der Waals surface area contributed by atoms with Gasteiger partial charge in [-0.05, 0) is 65.4 Å². The summed E-state index contributed by atoms with van der Waals surface area (Å²) >= 11 is 4.71. The molecule has 2 aliphatic carbocycles. The minimum absolute atomic E-state index is 0.327. The molecule has 2 saturated carbocycles. The molecule has 112 valence electrons. The largest absolute Gasteiger partial charge is 0.326 e. The normalized spacial score (nSPS) is 19.8. The molecule has 0 atom stereocenters. The van der Waals surface area contributed by atoms with E-state index in [1.165, 1.54) is 37.0 Å². The van der Waals surface area contributed by atoms with Gasteiger partial charge in [0, 0.05) is 18.0 Å². The molecule has 4 nitrogen and oxygen atoms in total. The van der Waals surface area contributed by atoms with E-state index in [-0.39, 0.29) is 0 Å². The first-order chi connectivity index (χ1) is 9.51. The predicted octanol–water partition coefficient (Wildman–Crippen LogP) is 2.68. The number of rotatable bonds is 7. The minimum atomic E-state index is -3.43. The standard InChI is InChI=1S/C13H19BrN2O2S2/c14-13-12(5-10(6-15)19-13)20(17,18)16-7-11(8-1-2-8)9-3-4-9/h5,8-9,11,16H,1-4,6-7,15H2. The molecule has 3 N–H and O–H groups in total. The van der Waals surface area contributed by atoms with Gasteiger partial charge in [0.05, 0.1) is 3.79 Å². The van der Waals surface area contributed by atoms with Crippen molar-refractivity contribution in [1.82, 2.24) is 4.72 Å². The van der Waals surface area contributed by atoms with Crippen molar-refractivity contribution in [2.24, 2.45) is 23.5 Å². The quantitative estimate of drug-likeness (QED) is 0.765. The molecule has 3 rings (SSSR count). The van der Waals surface area contributed by atoms with E-state index in [9.17, 15) is 8.42 Å². The summed E-state index contributed by atoms with van der Waals surface area (Å²) in [6.07, 6.45) is 5.06. The molecule has 20 heavy (non-hydrogen) atoms. The minimum Gasteiger partial charge on any atom is -0.326 e. The van der Waals surface area contributed by atoms with Crippen molar-refractivity contribution in [2.75, 3.05) is 6.54 Å². The summed E-state index contributed by atoms with van der Waals surface area (Å²) in [5.41, 5.74) is 5.57. The van der Waals surface area contributed by atoms with Crippen LogP contribution < -0.4 is 10.5 Å². The van der Waals surface area contributed by atoms with Gasteiger partial charge in [0.25, 0.3) is 0 Å². The molecular formula is C13H19BrN2O2S2. The van der Waals surface area contributed by atoms with Crippen LogP contribution in [0, 0.1) is 17.8 Å². The molecular weight excluding hydrogens is 360 g/mol. The number of halogens is 1. The summed E-state index contributed by atoms with van der Waals surface area (Å²) < 4.78 is 28.2. The number of nitrogens with two attached hydrogens (primary N) is 1. The van der Waals surface area contributed by atoms with Gasteiger partial charge in [0.1, 0.15) is 4.90 Å². The van der Waals surface area contributed by atoms with Crippen LogP contribution in [0.3, 0.4) is 0 Å². The maximum absolute atomic E-state index is 12.4. The third kappa shape index (κ3) is 3.27. The highest BCUT2D eigenvalue weighted by Crippen LogP contribution is 2.49. The zero-order chi connectivity index (χ0) is 14.3. The predicted molar refractivity (Wildman–Crippen MR) is 84.0 cm³/mol. The molecule has 0 radical (unpaired) electrons. The molecule has 7 heteroatoms. The van der Waals surface area contributed by atoms with Crippen LogP contribution in [0.25, 0.3) is 0 Å². The summed E-state index contributed by atoms with van der Waals surface area (Å²) in [5.74, 6) is 2.03. The topological polar surface area (TPSA) is 72.2 Å². The third-order valence-corrected chi connectivity index (χ3v) is 7.86. The Morgan fingerprint density at radius 1 is 1.35 bits per heavy atom. The van der Waals surface area contributed by atoms with Crippen LogP contribution in [0.1, 0.15) is 30.6 Å². The Balaban J connectivity index is 1.69. The van der Waals surface area contributed by atoms with Gasteiger partial charge in [0.15, 0.2) is 0 Å². The lowest BCUT2D eigenvalue weighted by atomic mass is 9.99. The Morgan fingerprint density at radius 3 is 2.40 bits per heavy atom. The zero-order valence-corrected chi connectivity index (χ0v) is 14.4. The molecule has 0 unspecified atom stereocenters. The van der Waals surface area contributed by atoms with Crippen LogP contribution in [0.2, 0.25) is 0 Å². The third-order valence-electron chi connectivity index (χ3n) is 4.16. The number of sulfonamides is 1. The van der Waals surface area contributed by atoms with E-state index in [1.807, 2.05) is 0 Å². The van der Waals surface area contributed by atoms with E-state index in [0.29, 0.717) is 27.7 Å². The molecule has 2 fully saturated rings. The lowest BCUT2D eigenvalue weighted by molar-refractivity contribution is 0.401. The Bertz CT molecular complexity index is 580. The summed E-state index contributed by atoms with van der Waals surface area (Å²) in [6.45, 7) is 0.948. The molecule has 0 bridgehead atoms. The van der Waals surface area contributed by atoms with Crippen molar-refractivity contribution in [3.8, 4) is 0 Å². The molecule has 2 aliphatic rings. The first-order valence-electron chi connectivity index (χ1n) is 6.99. The van der Waals surface area contributed by atoms with E-state index in [4.69, 9.17) is 5.73 Å². The molecule has 0 aliphatic heterocycles. The van der Waals surface area contributed by atoms with Gasteiger partial charge in [-0.1, -0.05) is 0 Å². The molecule has 0 aromatic carbocycles. The van der Waals surface area contributed by atoms with E-state index >= 15 is 0 Å². The fraction of sp³-hybridized carbons (Fsp3) is 0.692. The number of hydrogen-bond donors (Lipinski definition) is 2. The second-order valence-corrected chi connectivity index (χ2v) is 9.94. The second kappa shape index (κ2) is 5.68. The van der Waals surface area contributed by atoms with Crippen molar-refractivity contribution in [3.05, 3.63) is 14.7 Å². The second-order valence-electron chi connectivity index (χ2n) is 5.75. The SMILES string of the molecule is NCc1cc(S(=O)(=O)NCC(C2CC2)C2CC2)c(Br)s1. The van der Waals surface area contributed by atoms with Crippen molar-refractivity contribution in [3.63, 3.8) is 0 Å². The monoisotopic (exact) mass is 378 g/mol. The smallest absolute Gasteiger partial charge is 0.242 e. The first kappa shape index (κ1) is 15.0. The highest BCUT2D eigenvalue weighted by molar-refractivity contribution is 9.11. The summed E-state index contributed by atoms with van der Waals surface area (Å²) in [5, 5.41) is 0. The number of nitrogens with one attached hydrogen (secondary N) is 1. The molecule has 0 saturated heterocycles. The van der Waals surface area contributed by atoms with Gasteiger partial charge in [-0.3, -0.25) is 0 Å².